The summed E-state index contributed by atoms with van der Waals surface area (Å²) in [4.78, 5) is 13.5. The fourth-order valence-corrected chi connectivity index (χ4v) is 4.40. The van der Waals surface area contributed by atoms with E-state index in [-0.39, 0.29) is 5.76 Å². The molecular formula is C18H17N3O3. The van der Waals surface area contributed by atoms with Crippen LogP contribution in [0.2, 0.25) is 0 Å². The largest absolute Gasteiger partial charge is 0.475 e. The Bertz CT molecular complexity index is 977. The number of aromatic nitrogens is 2. The molecule has 1 fully saturated rings. The minimum atomic E-state index is -1.10. The van der Waals surface area contributed by atoms with Crippen molar-refractivity contribution >= 4 is 22.7 Å². The van der Waals surface area contributed by atoms with Crippen molar-refractivity contribution in [3.8, 4) is 11.3 Å². The highest BCUT2D eigenvalue weighted by molar-refractivity contribution is 6.01. The lowest BCUT2D eigenvalue weighted by Crippen LogP contribution is -2.39. The van der Waals surface area contributed by atoms with Gasteiger partial charge in [-0.3, -0.25) is 0 Å². The summed E-state index contributed by atoms with van der Waals surface area (Å²) in [6.45, 7) is 2.23. The number of carboxylic acid groups (broad SMARTS) is 1. The first kappa shape index (κ1) is 13.7. The molecule has 0 saturated carbocycles. The molecule has 0 aliphatic carbocycles. The highest BCUT2D eigenvalue weighted by atomic mass is 16.5. The Hall–Kier alpha value is -2.76. The van der Waals surface area contributed by atoms with Crippen molar-refractivity contribution in [3.05, 3.63) is 35.6 Å². The zero-order chi connectivity index (χ0) is 16.4. The highest BCUT2D eigenvalue weighted by Crippen LogP contribution is 2.48. The van der Waals surface area contributed by atoms with E-state index in [4.69, 9.17) is 9.63 Å². The monoisotopic (exact) mass is 323 g/mol. The molecule has 0 spiro atoms. The number of carboxylic acids is 1. The zero-order valence-electron chi connectivity index (χ0n) is 13.3. The number of aryl methyl sites for hydroxylation is 1. The van der Waals surface area contributed by atoms with Crippen LogP contribution in [0.25, 0.3) is 22.2 Å². The summed E-state index contributed by atoms with van der Waals surface area (Å²) in [6, 6.07) is 7.66. The van der Waals surface area contributed by atoms with Crippen molar-refractivity contribution in [1.82, 2.24) is 9.72 Å². The van der Waals surface area contributed by atoms with Gasteiger partial charge in [-0.25, -0.2) is 4.79 Å². The first-order valence-electron chi connectivity index (χ1n) is 8.22. The van der Waals surface area contributed by atoms with Crippen LogP contribution >= 0.6 is 0 Å². The summed E-state index contributed by atoms with van der Waals surface area (Å²) in [7, 11) is 2.09. The van der Waals surface area contributed by atoms with Gasteiger partial charge in [0.1, 0.15) is 11.5 Å². The Kier molecular flexibility index (Phi) is 2.63. The number of piperidine rings is 1. The minimum Gasteiger partial charge on any atom is -0.475 e. The number of aromatic carboxylic acids is 1. The van der Waals surface area contributed by atoms with E-state index in [1.165, 1.54) is 35.7 Å². The predicted octanol–water partition coefficient (Wildman–Crippen LogP) is 3.23. The third kappa shape index (κ3) is 1.65. The molecule has 1 aromatic carbocycles. The maximum atomic E-state index is 11.1. The van der Waals surface area contributed by atoms with Crippen LogP contribution in [0.5, 0.6) is 0 Å². The molecule has 122 valence electrons. The molecule has 6 heteroatoms. The quantitative estimate of drug-likeness (QED) is 0.784. The highest BCUT2D eigenvalue weighted by Gasteiger charge is 2.36. The second kappa shape index (κ2) is 4.63. The van der Waals surface area contributed by atoms with Crippen molar-refractivity contribution in [3.63, 3.8) is 0 Å². The third-order valence-electron chi connectivity index (χ3n) is 5.42. The van der Waals surface area contributed by atoms with Crippen LogP contribution < -0.4 is 4.90 Å². The van der Waals surface area contributed by atoms with Gasteiger partial charge in [-0.15, -0.1) is 0 Å². The predicted molar refractivity (Wildman–Crippen MR) is 89.6 cm³/mol. The molecule has 24 heavy (non-hydrogen) atoms. The molecular weight excluding hydrogens is 306 g/mol. The van der Waals surface area contributed by atoms with Crippen LogP contribution in [0, 0.1) is 0 Å². The standard InChI is InChI=1S/C18H17N3O3/c1-20-16-11(13-9-14(18(22)23)24-19-13)3-2-4-12(16)15-10-5-7-21(8-6-10)17(15)20/h2-4,9-10H,5-8H2,1H3,(H,22,23). The normalized spacial score (nSPS) is 16.8. The number of benzene rings is 1. The van der Waals surface area contributed by atoms with Crippen LogP contribution in [-0.2, 0) is 7.05 Å². The smallest absolute Gasteiger partial charge is 0.374 e. The second-order valence-corrected chi connectivity index (χ2v) is 6.64. The fourth-order valence-electron chi connectivity index (χ4n) is 4.40. The van der Waals surface area contributed by atoms with Crippen molar-refractivity contribution < 1.29 is 14.4 Å². The van der Waals surface area contributed by atoms with Crippen molar-refractivity contribution in [1.29, 1.82) is 0 Å². The Morgan fingerprint density at radius 2 is 2.12 bits per heavy atom. The van der Waals surface area contributed by atoms with Gasteiger partial charge >= 0.3 is 5.97 Å². The Labute approximate surface area is 138 Å². The first-order valence-corrected chi connectivity index (χ1v) is 8.22. The van der Waals surface area contributed by atoms with Gasteiger partial charge in [0.2, 0.25) is 5.76 Å². The van der Waals surface area contributed by atoms with Crippen molar-refractivity contribution in [2.45, 2.75) is 18.8 Å². The number of hydrogen-bond acceptors (Lipinski definition) is 4. The minimum absolute atomic E-state index is 0.134. The maximum Gasteiger partial charge on any atom is 0.374 e. The van der Waals surface area contributed by atoms with E-state index in [1.54, 1.807) is 0 Å². The lowest BCUT2D eigenvalue weighted by atomic mass is 9.84. The van der Waals surface area contributed by atoms with Crippen LogP contribution in [0.15, 0.2) is 28.8 Å². The summed E-state index contributed by atoms with van der Waals surface area (Å²) in [6.07, 6.45) is 2.42. The van der Waals surface area contributed by atoms with E-state index >= 15 is 0 Å². The summed E-state index contributed by atoms with van der Waals surface area (Å²) in [5.41, 5.74) is 4.03. The molecule has 6 rings (SSSR count). The van der Waals surface area contributed by atoms with Gasteiger partial charge in [-0.2, -0.15) is 0 Å². The van der Waals surface area contributed by atoms with Crippen LogP contribution in [-0.4, -0.2) is 33.9 Å². The van der Waals surface area contributed by atoms with Gasteiger partial charge in [0.25, 0.3) is 0 Å². The second-order valence-electron chi connectivity index (χ2n) is 6.64. The molecule has 2 aromatic heterocycles. The number of anilines is 1. The maximum absolute atomic E-state index is 11.1. The van der Waals surface area contributed by atoms with E-state index in [2.05, 4.69) is 27.7 Å². The fraction of sp³-hybridized carbons (Fsp3) is 0.333. The van der Waals surface area contributed by atoms with E-state index in [1.807, 2.05) is 12.1 Å². The lowest BCUT2D eigenvalue weighted by molar-refractivity contribution is 0.0652. The Balaban J connectivity index is 1.79. The average Bonchev–Trinajstić information content (AvgIpc) is 3.21. The molecule has 1 saturated heterocycles. The SMILES string of the molecule is Cn1c2c(c3cccc(-c4cc(C(=O)O)on4)c31)C1CCN2CC1. The van der Waals surface area contributed by atoms with E-state index < -0.39 is 5.97 Å². The van der Waals surface area contributed by atoms with Gasteiger partial charge in [-0.05, 0) is 18.8 Å². The number of fused-ring (bicyclic) bond motifs is 3. The van der Waals surface area contributed by atoms with Crippen molar-refractivity contribution in [2.75, 3.05) is 18.0 Å². The third-order valence-corrected chi connectivity index (χ3v) is 5.42. The van der Waals surface area contributed by atoms with Crippen molar-refractivity contribution in [2.24, 2.45) is 7.05 Å². The summed E-state index contributed by atoms with van der Waals surface area (Å²) in [5, 5.41) is 14.3. The molecule has 2 bridgehead atoms. The van der Waals surface area contributed by atoms with Gasteiger partial charge < -0.3 is 19.1 Å². The lowest BCUT2D eigenvalue weighted by Gasteiger charge is -2.41. The number of rotatable bonds is 2. The zero-order valence-corrected chi connectivity index (χ0v) is 13.3. The molecule has 3 aliphatic heterocycles. The molecule has 3 aromatic rings. The Morgan fingerprint density at radius 3 is 2.83 bits per heavy atom. The van der Waals surface area contributed by atoms with Crippen LogP contribution in [0.4, 0.5) is 5.82 Å². The van der Waals surface area contributed by atoms with Gasteiger partial charge in [0.05, 0.1) is 5.52 Å². The number of hydrogen-bond donors (Lipinski definition) is 1. The summed E-state index contributed by atoms with van der Waals surface area (Å²) in [5.74, 6) is 0.693. The summed E-state index contributed by atoms with van der Waals surface area (Å²) < 4.78 is 7.19. The number of para-hydroxylation sites is 1. The van der Waals surface area contributed by atoms with Crippen LogP contribution in [0.3, 0.4) is 0 Å². The number of carbonyl (C=O) groups is 1. The van der Waals surface area contributed by atoms with Gasteiger partial charge in [-0.1, -0.05) is 23.4 Å². The van der Waals surface area contributed by atoms with E-state index in [0.717, 1.165) is 24.2 Å². The number of nitrogens with zero attached hydrogens (tertiary/aromatic N) is 3. The molecule has 1 N–H and O–H groups in total. The molecule has 3 aliphatic rings. The van der Waals surface area contributed by atoms with E-state index in [9.17, 15) is 4.79 Å². The first-order chi connectivity index (χ1) is 11.6. The Morgan fingerprint density at radius 1 is 1.33 bits per heavy atom. The molecule has 6 nitrogen and oxygen atoms in total. The average molecular weight is 323 g/mol. The topological polar surface area (TPSA) is 71.5 Å². The van der Waals surface area contributed by atoms with Crippen LogP contribution in [0.1, 0.15) is 34.9 Å². The molecule has 0 amide bonds. The van der Waals surface area contributed by atoms with Gasteiger partial charge in [0.15, 0.2) is 0 Å². The van der Waals surface area contributed by atoms with E-state index in [0.29, 0.717) is 11.6 Å². The molecule has 5 heterocycles. The molecule has 0 unspecified atom stereocenters. The molecule has 0 atom stereocenters. The van der Waals surface area contributed by atoms with Gasteiger partial charge in [0, 0.05) is 42.7 Å². The summed E-state index contributed by atoms with van der Waals surface area (Å²) >= 11 is 0. The molecule has 0 radical (unpaired) electrons.